The summed E-state index contributed by atoms with van der Waals surface area (Å²) in [6, 6.07) is 14.6. The Morgan fingerprint density at radius 1 is 1.04 bits per heavy atom. The van der Waals surface area contributed by atoms with E-state index >= 15 is 0 Å². The minimum atomic E-state index is -3.91. The van der Waals surface area contributed by atoms with Crippen LogP contribution in [-0.4, -0.2) is 25.2 Å². The summed E-state index contributed by atoms with van der Waals surface area (Å²) >= 11 is 0. The molecule has 5 nitrogen and oxygen atoms in total. The number of cyclic esters (lactones) is 1. The molecule has 1 aliphatic heterocycles. The molecule has 134 valence electrons. The maximum absolute atomic E-state index is 13.3. The largest absolute Gasteiger partial charge is 0.427 e. The summed E-state index contributed by atoms with van der Waals surface area (Å²) in [5.74, 6) is -0.615. The van der Waals surface area contributed by atoms with E-state index in [0.29, 0.717) is 5.56 Å². The Bertz CT molecular complexity index is 963. The van der Waals surface area contributed by atoms with Gasteiger partial charge in [-0.1, -0.05) is 61.2 Å². The molecule has 1 atom stereocenters. The molecule has 0 amide bonds. The van der Waals surface area contributed by atoms with Crippen molar-refractivity contribution in [3.8, 4) is 0 Å². The number of carbonyl (C=O) groups is 1. The van der Waals surface area contributed by atoms with Gasteiger partial charge in [0.05, 0.1) is 23.1 Å². The van der Waals surface area contributed by atoms with Crippen LogP contribution in [0.1, 0.15) is 17.2 Å². The Morgan fingerprint density at radius 2 is 1.65 bits per heavy atom. The van der Waals surface area contributed by atoms with Crippen molar-refractivity contribution in [1.29, 1.82) is 0 Å². The lowest BCUT2D eigenvalue weighted by Gasteiger charge is -2.29. The van der Waals surface area contributed by atoms with Crippen molar-refractivity contribution in [1.82, 2.24) is 4.31 Å². The standard InChI is InChI=1S/C20H19NO4S/c1-14-9-11-18(12-10-14)26(23,24)21-13-15(2)25-20(22)16(3)19(21)17-7-5-4-6-8-17/h4-12,19H,2-3,13H2,1H3/t19-/m1/s1. The molecule has 0 unspecified atom stereocenters. The lowest BCUT2D eigenvalue weighted by Crippen LogP contribution is -2.36. The van der Waals surface area contributed by atoms with Crippen molar-refractivity contribution in [2.45, 2.75) is 17.9 Å². The zero-order valence-corrected chi connectivity index (χ0v) is 15.2. The highest BCUT2D eigenvalue weighted by Crippen LogP contribution is 2.36. The van der Waals surface area contributed by atoms with Crippen molar-refractivity contribution >= 4 is 16.0 Å². The van der Waals surface area contributed by atoms with Crippen molar-refractivity contribution in [3.05, 3.63) is 90.2 Å². The van der Waals surface area contributed by atoms with E-state index in [4.69, 9.17) is 4.74 Å². The Labute approximate surface area is 153 Å². The van der Waals surface area contributed by atoms with Crippen LogP contribution in [0.15, 0.2) is 84.0 Å². The van der Waals surface area contributed by atoms with Crippen LogP contribution in [0.25, 0.3) is 0 Å². The number of aryl methyl sites for hydroxylation is 1. The number of hydrogen-bond acceptors (Lipinski definition) is 4. The highest BCUT2D eigenvalue weighted by atomic mass is 32.2. The lowest BCUT2D eigenvalue weighted by molar-refractivity contribution is -0.134. The topological polar surface area (TPSA) is 63.7 Å². The fraction of sp³-hybridized carbons (Fsp3) is 0.150. The molecular formula is C20H19NO4S. The number of benzene rings is 2. The summed E-state index contributed by atoms with van der Waals surface area (Å²) < 4.78 is 32.9. The molecule has 1 aliphatic rings. The number of rotatable bonds is 3. The van der Waals surface area contributed by atoms with Gasteiger partial charge in [-0.05, 0) is 24.6 Å². The van der Waals surface area contributed by atoms with Gasteiger partial charge in [0, 0.05) is 0 Å². The lowest BCUT2D eigenvalue weighted by atomic mass is 10.0. The molecule has 1 heterocycles. The first-order valence-electron chi connectivity index (χ1n) is 8.03. The van der Waals surface area contributed by atoms with E-state index in [1.807, 2.05) is 13.0 Å². The number of hydrogen-bond donors (Lipinski definition) is 0. The molecule has 26 heavy (non-hydrogen) atoms. The average Bonchev–Trinajstić information content (AvgIpc) is 2.73. The van der Waals surface area contributed by atoms with Gasteiger partial charge in [-0.25, -0.2) is 13.2 Å². The summed E-state index contributed by atoms with van der Waals surface area (Å²) in [6.45, 7) is 9.21. The van der Waals surface area contributed by atoms with Crippen molar-refractivity contribution in [3.63, 3.8) is 0 Å². The SMILES string of the molecule is C=C1CN(S(=O)(=O)c2ccc(C)cc2)[C@@H](c2ccccc2)C(=C)C(=O)O1. The highest BCUT2D eigenvalue weighted by Gasteiger charge is 2.40. The van der Waals surface area contributed by atoms with Gasteiger partial charge in [-0.3, -0.25) is 0 Å². The van der Waals surface area contributed by atoms with Crippen LogP contribution in [0.4, 0.5) is 0 Å². The maximum atomic E-state index is 13.3. The molecule has 0 aliphatic carbocycles. The second-order valence-electron chi connectivity index (χ2n) is 6.13. The predicted molar refractivity (Wildman–Crippen MR) is 98.6 cm³/mol. The Morgan fingerprint density at radius 3 is 2.27 bits per heavy atom. The number of sulfonamides is 1. The van der Waals surface area contributed by atoms with E-state index in [9.17, 15) is 13.2 Å². The third-order valence-corrected chi connectivity index (χ3v) is 6.02. The van der Waals surface area contributed by atoms with Crippen LogP contribution in [0.2, 0.25) is 0 Å². The third-order valence-electron chi connectivity index (χ3n) is 4.19. The molecule has 3 rings (SSSR count). The van der Waals surface area contributed by atoms with Gasteiger partial charge >= 0.3 is 5.97 Å². The minimum absolute atomic E-state index is 0.0468. The summed E-state index contributed by atoms with van der Waals surface area (Å²) in [5, 5.41) is 0. The zero-order valence-electron chi connectivity index (χ0n) is 14.4. The van der Waals surface area contributed by atoms with Crippen molar-refractivity contribution in [2.75, 3.05) is 6.54 Å². The molecule has 0 spiro atoms. The average molecular weight is 369 g/mol. The maximum Gasteiger partial charge on any atom is 0.340 e. The normalized spacial score (nSPS) is 19.1. The van der Waals surface area contributed by atoms with Crippen LogP contribution in [0, 0.1) is 6.92 Å². The molecule has 0 radical (unpaired) electrons. The van der Waals surface area contributed by atoms with E-state index in [1.165, 1.54) is 4.31 Å². The second kappa shape index (κ2) is 6.90. The number of carbonyl (C=O) groups excluding carboxylic acids is 1. The molecular weight excluding hydrogens is 350 g/mol. The van der Waals surface area contributed by atoms with Gasteiger partial charge in [0.25, 0.3) is 0 Å². The van der Waals surface area contributed by atoms with Crippen LogP contribution >= 0.6 is 0 Å². The summed E-state index contributed by atoms with van der Waals surface area (Å²) in [6.07, 6.45) is 0. The number of ether oxygens (including phenoxy) is 1. The van der Waals surface area contributed by atoms with Gasteiger partial charge < -0.3 is 4.74 Å². The highest BCUT2D eigenvalue weighted by molar-refractivity contribution is 7.89. The second-order valence-corrected chi connectivity index (χ2v) is 8.02. The van der Waals surface area contributed by atoms with Gasteiger partial charge in [0.2, 0.25) is 10.0 Å². The van der Waals surface area contributed by atoms with Crippen LogP contribution in [0.5, 0.6) is 0 Å². The smallest absolute Gasteiger partial charge is 0.340 e. The molecule has 1 saturated heterocycles. The van der Waals surface area contributed by atoms with E-state index < -0.39 is 22.0 Å². The molecule has 0 N–H and O–H groups in total. The summed E-state index contributed by atoms with van der Waals surface area (Å²) in [7, 11) is -3.91. The van der Waals surface area contributed by atoms with Crippen molar-refractivity contribution < 1.29 is 17.9 Å². The third kappa shape index (κ3) is 3.34. The van der Waals surface area contributed by atoms with Gasteiger partial charge in [0.1, 0.15) is 5.76 Å². The Hall–Kier alpha value is -2.70. The van der Waals surface area contributed by atoms with Gasteiger partial charge in [0.15, 0.2) is 0 Å². The van der Waals surface area contributed by atoms with Gasteiger partial charge in [-0.2, -0.15) is 4.31 Å². The van der Waals surface area contributed by atoms with E-state index in [-0.39, 0.29) is 22.8 Å². The number of esters is 1. The first-order valence-corrected chi connectivity index (χ1v) is 9.47. The monoisotopic (exact) mass is 369 g/mol. The molecule has 1 fully saturated rings. The minimum Gasteiger partial charge on any atom is -0.427 e. The zero-order chi connectivity index (χ0) is 18.9. The molecule has 2 aromatic carbocycles. The summed E-state index contributed by atoms with van der Waals surface area (Å²) in [4.78, 5) is 12.4. The van der Waals surface area contributed by atoms with E-state index in [1.54, 1.807) is 48.5 Å². The summed E-state index contributed by atoms with van der Waals surface area (Å²) in [5.41, 5.74) is 1.64. The van der Waals surface area contributed by atoms with E-state index in [2.05, 4.69) is 13.2 Å². The van der Waals surface area contributed by atoms with E-state index in [0.717, 1.165) is 5.56 Å². The molecule has 2 aromatic rings. The first-order chi connectivity index (χ1) is 12.3. The molecule has 0 aromatic heterocycles. The quantitative estimate of drug-likeness (QED) is 0.615. The molecule has 0 saturated carbocycles. The fourth-order valence-corrected chi connectivity index (χ4v) is 4.44. The van der Waals surface area contributed by atoms with Gasteiger partial charge in [-0.15, -0.1) is 0 Å². The molecule has 0 bridgehead atoms. The van der Waals surface area contributed by atoms with Crippen LogP contribution in [-0.2, 0) is 19.6 Å². The Kier molecular flexibility index (Phi) is 4.80. The Balaban J connectivity index is 2.16. The van der Waals surface area contributed by atoms with Crippen LogP contribution in [0.3, 0.4) is 0 Å². The van der Waals surface area contributed by atoms with Crippen molar-refractivity contribution in [2.24, 2.45) is 0 Å². The molecule has 6 heteroatoms. The fourth-order valence-electron chi connectivity index (χ4n) is 2.85. The predicted octanol–water partition coefficient (Wildman–Crippen LogP) is 3.35. The van der Waals surface area contributed by atoms with Crippen LogP contribution < -0.4 is 0 Å². The first kappa shape index (κ1) is 18.1. The number of nitrogens with zero attached hydrogens (tertiary/aromatic N) is 1.